The molecule has 0 bridgehead atoms. The first-order chi connectivity index (χ1) is 16.7. The van der Waals surface area contributed by atoms with Gasteiger partial charge in [-0.2, -0.15) is 10.2 Å². The minimum Gasteiger partial charge on any atom is -0.452 e. The number of rotatable bonds is 6. The van der Waals surface area contributed by atoms with Crippen LogP contribution in [-0.4, -0.2) is 38.0 Å². The molecule has 0 spiro atoms. The molecule has 0 radical (unpaired) electrons. The highest BCUT2D eigenvalue weighted by Crippen LogP contribution is 2.23. The number of aromatic nitrogens is 4. The number of aryl methyl sites for hydroxylation is 3. The van der Waals surface area contributed by atoms with Gasteiger partial charge in [-0.3, -0.25) is 4.79 Å². The summed E-state index contributed by atoms with van der Waals surface area (Å²) in [5.41, 5.74) is 5.86. The van der Waals surface area contributed by atoms with E-state index in [9.17, 15) is 14.0 Å². The Labute approximate surface area is 202 Å². The third-order valence-corrected chi connectivity index (χ3v) is 5.74. The highest BCUT2D eigenvalue weighted by atomic mass is 19.1. The Kier molecular flexibility index (Phi) is 6.50. The van der Waals surface area contributed by atoms with Crippen LogP contribution in [0.5, 0.6) is 0 Å². The molecule has 1 N–H and O–H groups in total. The summed E-state index contributed by atoms with van der Waals surface area (Å²) in [5, 5.41) is 11.7. The number of amides is 1. The lowest BCUT2D eigenvalue weighted by Crippen LogP contribution is -2.22. The Balaban J connectivity index is 1.45. The summed E-state index contributed by atoms with van der Waals surface area (Å²) in [6.07, 6.45) is 0. The molecule has 180 valence electrons. The summed E-state index contributed by atoms with van der Waals surface area (Å²) in [4.78, 5) is 25.4. The highest BCUT2D eigenvalue weighted by Gasteiger charge is 2.22. The molecule has 8 nitrogen and oxygen atoms in total. The van der Waals surface area contributed by atoms with Crippen molar-refractivity contribution in [2.24, 2.45) is 0 Å². The second-order valence-corrected chi connectivity index (χ2v) is 8.35. The SMILES string of the molecule is Cc1ccc(-n2nc(C)c(NC(=O)COC(=O)c3c(C)nn(-c4ccc(F)cc4)c3C)c2C)cc1. The fourth-order valence-corrected chi connectivity index (χ4v) is 3.91. The molecule has 0 fully saturated rings. The first-order valence-electron chi connectivity index (χ1n) is 11.1. The maximum atomic E-state index is 13.3. The van der Waals surface area contributed by atoms with Gasteiger partial charge in [0, 0.05) is 0 Å². The van der Waals surface area contributed by atoms with Crippen molar-refractivity contribution in [3.8, 4) is 11.4 Å². The summed E-state index contributed by atoms with van der Waals surface area (Å²) in [5.74, 6) is -1.50. The van der Waals surface area contributed by atoms with Gasteiger partial charge < -0.3 is 10.1 Å². The van der Waals surface area contributed by atoms with Crippen LogP contribution in [0.25, 0.3) is 11.4 Å². The summed E-state index contributed by atoms with van der Waals surface area (Å²) in [6.45, 7) is 8.60. The monoisotopic (exact) mass is 475 g/mol. The van der Waals surface area contributed by atoms with Crippen molar-refractivity contribution in [1.29, 1.82) is 0 Å². The van der Waals surface area contributed by atoms with E-state index >= 15 is 0 Å². The molecule has 0 unspecified atom stereocenters. The van der Waals surface area contributed by atoms with Crippen LogP contribution < -0.4 is 5.32 Å². The largest absolute Gasteiger partial charge is 0.452 e. The number of benzene rings is 2. The first-order valence-corrected chi connectivity index (χ1v) is 11.1. The smallest absolute Gasteiger partial charge is 0.342 e. The van der Waals surface area contributed by atoms with Gasteiger partial charge in [0.1, 0.15) is 11.4 Å². The number of ether oxygens (including phenoxy) is 1. The van der Waals surface area contributed by atoms with Crippen LogP contribution >= 0.6 is 0 Å². The normalized spacial score (nSPS) is 10.9. The van der Waals surface area contributed by atoms with E-state index in [1.165, 1.54) is 16.8 Å². The zero-order chi connectivity index (χ0) is 25.3. The lowest BCUT2D eigenvalue weighted by atomic mass is 10.2. The van der Waals surface area contributed by atoms with E-state index in [0.29, 0.717) is 28.5 Å². The minimum atomic E-state index is -0.660. The van der Waals surface area contributed by atoms with Crippen molar-refractivity contribution in [2.75, 3.05) is 11.9 Å². The second-order valence-electron chi connectivity index (χ2n) is 8.35. The molecule has 1 amide bonds. The van der Waals surface area contributed by atoms with Crippen molar-refractivity contribution in [3.05, 3.63) is 88.3 Å². The van der Waals surface area contributed by atoms with Crippen LogP contribution in [0, 0.1) is 40.4 Å². The van der Waals surface area contributed by atoms with E-state index < -0.39 is 18.5 Å². The molecule has 4 aromatic rings. The fourth-order valence-electron chi connectivity index (χ4n) is 3.91. The van der Waals surface area contributed by atoms with E-state index in [1.54, 1.807) is 37.6 Å². The Hall–Kier alpha value is -4.27. The first kappa shape index (κ1) is 23.9. The number of esters is 1. The van der Waals surface area contributed by atoms with Crippen molar-refractivity contribution >= 4 is 17.6 Å². The van der Waals surface area contributed by atoms with Gasteiger partial charge in [0.05, 0.1) is 39.8 Å². The lowest BCUT2D eigenvalue weighted by molar-refractivity contribution is -0.119. The molecule has 2 aromatic heterocycles. The van der Waals surface area contributed by atoms with Crippen LogP contribution in [0.15, 0.2) is 48.5 Å². The number of nitrogens with zero attached hydrogens (tertiary/aromatic N) is 4. The van der Waals surface area contributed by atoms with Gasteiger partial charge in [-0.1, -0.05) is 17.7 Å². The molecule has 0 aliphatic rings. The van der Waals surface area contributed by atoms with Crippen LogP contribution in [-0.2, 0) is 9.53 Å². The fraction of sp³-hybridized carbons (Fsp3) is 0.231. The van der Waals surface area contributed by atoms with E-state index in [2.05, 4.69) is 15.5 Å². The van der Waals surface area contributed by atoms with Gasteiger partial charge in [-0.15, -0.1) is 0 Å². The zero-order valence-electron chi connectivity index (χ0n) is 20.2. The van der Waals surface area contributed by atoms with Gasteiger partial charge >= 0.3 is 5.97 Å². The minimum absolute atomic E-state index is 0.265. The van der Waals surface area contributed by atoms with Gasteiger partial charge in [-0.05, 0) is 71.0 Å². The third-order valence-electron chi connectivity index (χ3n) is 5.74. The number of carbonyl (C=O) groups excluding carboxylic acids is 2. The van der Waals surface area contributed by atoms with Gasteiger partial charge in [0.15, 0.2) is 6.61 Å². The molecule has 4 rings (SSSR count). The number of carbonyl (C=O) groups is 2. The molecule has 2 heterocycles. The Bertz CT molecular complexity index is 1400. The van der Waals surface area contributed by atoms with E-state index in [1.807, 2.05) is 38.1 Å². The average molecular weight is 476 g/mol. The van der Waals surface area contributed by atoms with Crippen molar-refractivity contribution in [2.45, 2.75) is 34.6 Å². The van der Waals surface area contributed by atoms with Gasteiger partial charge in [0.25, 0.3) is 5.91 Å². The Morgan fingerprint density at radius 2 is 1.37 bits per heavy atom. The van der Waals surface area contributed by atoms with Gasteiger partial charge in [0.2, 0.25) is 0 Å². The number of nitrogens with one attached hydrogen (secondary N) is 1. The molecule has 0 aliphatic carbocycles. The number of halogens is 1. The predicted molar refractivity (Wildman–Crippen MR) is 130 cm³/mol. The molecule has 0 atom stereocenters. The molecule has 0 saturated heterocycles. The molecular weight excluding hydrogens is 449 g/mol. The summed E-state index contributed by atoms with van der Waals surface area (Å²) < 4.78 is 21.8. The number of hydrogen-bond donors (Lipinski definition) is 1. The van der Waals surface area contributed by atoms with E-state index in [4.69, 9.17) is 4.74 Å². The van der Waals surface area contributed by atoms with Gasteiger partial charge in [-0.25, -0.2) is 18.5 Å². The zero-order valence-corrected chi connectivity index (χ0v) is 20.2. The molecular formula is C26H26FN5O3. The molecule has 0 saturated carbocycles. The van der Waals surface area contributed by atoms with Crippen LogP contribution in [0.4, 0.5) is 10.1 Å². The average Bonchev–Trinajstić information content (AvgIpc) is 3.28. The van der Waals surface area contributed by atoms with Crippen LogP contribution in [0.1, 0.15) is 38.7 Å². The van der Waals surface area contributed by atoms with E-state index in [0.717, 1.165) is 16.9 Å². The van der Waals surface area contributed by atoms with Crippen molar-refractivity contribution in [3.63, 3.8) is 0 Å². The maximum absolute atomic E-state index is 13.3. The molecule has 2 aromatic carbocycles. The summed E-state index contributed by atoms with van der Waals surface area (Å²) in [6, 6.07) is 13.7. The predicted octanol–water partition coefficient (Wildman–Crippen LogP) is 4.53. The Morgan fingerprint density at radius 3 is 2.00 bits per heavy atom. The second kappa shape index (κ2) is 9.54. The molecule has 9 heteroatoms. The number of hydrogen-bond acceptors (Lipinski definition) is 5. The highest BCUT2D eigenvalue weighted by molar-refractivity contribution is 5.97. The standard InChI is InChI=1S/C26H26FN5O3/c1-15-6-10-21(11-7-15)32-19(5)25(17(3)30-32)28-23(33)14-35-26(34)24-16(2)29-31(18(24)4)22-12-8-20(27)9-13-22/h6-13H,14H2,1-5H3,(H,28,33). The van der Waals surface area contributed by atoms with E-state index in [-0.39, 0.29) is 11.4 Å². The number of anilines is 1. The summed E-state index contributed by atoms with van der Waals surface area (Å²) >= 11 is 0. The quantitative estimate of drug-likeness (QED) is 0.414. The topological polar surface area (TPSA) is 91.0 Å². The third kappa shape index (κ3) is 4.84. The maximum Gasteiger partial charge on any atom is 0.342 e. The molecule has 0 aliphatic heterocycles. The van der Waals surface area contributed by atoms with Crippen molar-refractivity contribution in [1.82, 2.24) is 19.6 Å². The lowest BCUT2D eigenvalue weighted by Gasteiger charge is -2.09. The van der Waals surface area contributed by atoms with Crippen molar-refractivity contribution < 1.29 is 18.7 Å². The van der Waals surface area contributed by atoms with Crippen LogP contribution in [0.3, 0.4) is 0 Å². The molecule has 35 heavy (non-hydrogen) atoms. The Morgan fingerprint density at radius 1 is 0.829 bits per heavy atom. The summed E-state index contributed by atoms with van der Waals surface area (Å²) in [7, 11) is 0. The van der Waals surface area contributed by atoms with Crippen LogP contribution in [0.2, 0.25) is 0 Å².